The molecule has 2 atom stereocenters. The second-order valence-electron chi connectivity index (χ2n) is 9.01. The average molecular weight is 534 g/mol. The Hall–Kier alpha value is -4.12. The molecule has 11 heteroatoms. The number of hydrogen-bond acceptors (Lipinski definition) is 6. The fourth-order valence-corrected chi connectivity index (χ4v) is 4.56. The van der Waals surface area contributed by atoms with Crippen LogP contribution in [0, 0.1) is 5.82 Å². The molecule has 9 nitrogen and oxygen atoms in total. The molecular weight excluding hydrogens is 509 g/mol. The third-order valence-electron chi connectivity index (χ3n) is 6.34. The third kappa shape index (κ3) is 5.14. The van der Waals surface area contributed by atoms with Crippen LogP contribution >= 0.6 is 11.6 Å². The monoisotopic (exact) mass is 533 g/mol. The zero-order valence-corrected chi connectivity index (χ0v) is 21.3. The molecule has 2 unspecified atom stereocenters. The highest BCUT2D eigenvalue weighted by Gasteiger charge is 2.32. The molecule has 0 aliphatic carbocycles. The lowest BCUT2D eigenvalue weighted by Gasteiger charge is -2.18. The van der Waals surface area contributed by atoms with E-state index in [-0.39, 0.29) is 51.7 Å². The predicted molar refractivity (Wildman–Crippen MR) is 143 cm³/mol. The van der Waals surface area contributed by atoms with Gasteiger partial charge in [0.05, 0.1) is 28.0 Å². The van der Waals surface area contributed by atoms with Crippen LogP contribution in [0.2, 0.25) is 5.02 Å². The van der Waals surface area contributed by atoms with Crippen molar-refractivity contribution < 1.29 is 14.0 Å². The number of anilines is 1. The van der Waals surface area contributed by atoms with Crippen LogP contribution in [0.15, 0.2) is 72.9 Å². The molecule has 194 valence electrons. The second-order valence-corrected chi connectivity index (χ2v) is 9.42. The van der Waals surface area contributed by atoms with Gasteiger partial charge in [-0.15, -0.1) is 0 Å². The Balaban J connectivity index is 1.47. The molecule has 0 radical (unpaired) electrons. The molecule has 1 aliphatic heterocycles. The number of halogens is 2. The Bertz CT molecular complexity index is 1470. The predicted octanol–water partition coefficient (Wildman–Crippen LogP) is 3.96. The van der Waals surface area contributed by atoms with Crippen molar-refractivity contribution in [3.8, 4) is 16.9 Å². The van der Waals surface area contributed by atoms with Crippen molar-refractivity contribution >= 4 is 29.2 Å². The van der Waals surface area contributed by atoms with Gasteiger partial charge in [0.1, 0.15) is 11.6 Å². The Morgan fingerprint density at radius 1 is 0.974 bits per heavy atom. The maximum Gasteiger partial charge on any atom is 0.272 e. The van der Waals surface area contributed by atoms with Crippen LogP contribution in [0.5, 0.6) is 0 Å². The molecule has 4 N–H and O–H groups in total. The Kier molecular flexibility index (Phi) is 7.19. The number of amides is 2. The minimum absolute atomic E-state index is 0.0123. The standard InChI is InChI=1S/C27H25ClFN7O2/c1-15-25(16(2)34-33-15)32-27(38)23-14-24(36(35-23)17-8-4-3-5-9-17)31-26(37)18-12-19(21(29)13-20(18)28)22-10-6-7-11-30-22/h3-16,25,33-34H,1-2H3,(H,31,37)(H,32,38). The maximum atomic E-state index is 14.7. The van der Waals surface area contributed by atoms with Crippen LogP contribution in [0.1, 0.15) is 34.7 Å². The molecule has 4 aromatic rings. The number of pyridine rings is 1. The molecule has 0 spiro atoms. The normalized spacial score (nSPS) is 18.8. The average Bonchev–Trinajstić information content (AvgIpc) is 3.48. The summed E-state index contributed by atoms with van der Waals surface area (Å²) in [4.78, 5) is 30.6. The van der Waals surface area contributed by atoms with Crippen molar-refractivity contribution in [2.24, 2.45) is 0 Å². The third-order valence-corrected chi connectivity index (χ3v) is 6.65. The van der Waals surface area contributed by atoms with E-state index in [2.05, 4.69) is 31.6 Å². The van der Waals surface area contributed by atoms with E-state index in [1.807, 2.05) is 32.0 Å². The first-order valence-electron chi connectivity index (χ1n) is 12.0. The van der Waals surface area contributed by atoms with E-state index in [1.54, 1.807) is 30.3 Å². The molecule has 1 aliphatic rings. The van der Waals surface area contributed by atoms with Crippen molar-refractivity contribution in [1.29, 1.82) is 0 Å². The Morgan fingerprint density at radius 2 is 1.68 bits per heavy atom. The maximum absolute atomic E-state index is 14.7. The smallest absolute Gasteiger partial charge is 0.272 e. The molecule has 2 aromatic heterocycles. The first-order valence-corrected chi connectivity index (χ1v) is 12.4. The number of hydrazine groups is 1. The summed E-state index contributed by atoms with van der Waals surface area (Å²) in [7, 11) is 0. The number of para-hydroxylation sites is 1. The number of aromatic nitrogens is 3. The van der Waals surface area contributed by atoms with Gasteiger partial charge in [-0.05, 0) is 50.2 Å². The summed E-state index contributed by atoms with van der Waals surface area (Å²) in [6.07, 6.45) is 1.54. The van der Waals surface area contributed by atoms with E-state index in [1.165, 1.54) is 23.0 Å². The molecule has 1 fully saturated rings. The number of nitrogens with zero attached hydrogens (tertiary/aromatic N) is 3. The lowest BCUT2D eigenvalue weighted by Crippen LogP contribution is -2.46. The number of rotatable bonds is 6. The topological polar surface area (TPSA) is 113 Å². The van der Waals surface area contributed by atoms with Crippen LogP contribution in [-0.2, 0) is 0 Å². The summed E-state index contributed by atoms with van der Waals surface area (Å²) < 4.78 is 16.1. The van der Waals surface area contributed by atoms with Gasteiger partial charge in [-0.25, -0.2) is 9.07 Å². The summed E-state index contributed by atoms with van der Waals surface area (Å²) in [5, 5.41) is 10.2. The van der Waals surface area contributed by atoms with Crippen molar-refractivity contribution in [3.05, 3.63) is 95.0 Å². The van der Waals surface area contributed by atoms with Crippen LogP contribution < -0.4 is 21.5 Å². The van der Waals surface area contributed by atoms with Crippen LogP contribution in [0.3, 0.4) is 0 Å². The molecule has 2 amide bonds. The van der Waals surface area contributed by atoms with E-state index >= 15 is 0 Å². The summed E-state index contributed by atoms with van der Waals surface area (Å²) in [5.41, 5.74) is 7.50. The fourth-order valence-electron chi connectivity index (χ4n) is 4.32. The lowest BCUT2D eigenvalue weighted by atomic mass is 10.1. The number of benzene rings is 2. The van der Waals surface area contributed by atoms with Gasteiger partial charge in [0.15, 0.2) is 5.69 Å². The van der Waals surface area contributed by atoms with E-state index in [0.29, 0.717) is 11.4 Å². The van der Waals surface area contributed by atoms with Gasteiger partial charge in [0, 0.05) is 29.9 Å². The van der Waals surface area contributed by atoms with Crippen LogP contribution in [0.4, 0.5) is 10.2 Å². The molecule has 38 heavy (non-hydrogen) atoms. The molecular formula is C27H25ClFN7O2. The lowest BCUT2D eigenvalue weighted by molar-refractivity contribution is 0.0925. The van der Waals surface area contributed by atoms with Gasteiger partial charge in [0.25, 0.3) is 11.8 Å². The van der Waals surface area contributed by atoms with Crippen molar-refractivity contribution in [2.75, 3.05) is 5.32 Å². The highest BCUT2D eigenvalue weighted by atomic mass is 35.5. The van der Waals surface area contributed by atoms with Crippen molar-refractivity contribution in [1.82, 2.24) is 30.9 Å². The number of nitrogens with one attached hydrogen (secondary N) is 4. The van der Waals surface area contributed by atoms with Crippen LogP contribution in [-0.4, -0.2) is 44.7 Å². The summed E-state index contributed by atoms with van der Waals surface area (Å²) in [6.45, 7) is 3.92. The quantitative estimate of drug-likeness (QED) is 0.298. The van der Waals surface area contributed by atoms with E-state index in [0.717, 1.165) is 6.07 Å². The van der Waals surface area contributed by atoms with E-state index < -0.39 is 11.7 Å². The number of carbonyl (C=O) groups is 2. The molecule has 0 saturated carbocycles. The number of carbonyl (C=O) groups excluding carboxylic acids is 2. The molecule has 1 saturated heterocycles. The first kappa shape index (κ1) is 25.5. The zero-order valence-electron chi connectivity index (χ0n) is 20.6. The molecule has 5 rings (SSSR count). The summed E-state index contributed by atoms with van der Waals surface area (Å²) in [5.74, 6) is -1.34. The van der Waals surface area contributed by atoms with Gasteiger partial charge in [-0.1, -0.05) is 35.9 Å². The largest absolute Gasteiger partial charge is 0.345 e. The van der Waals surface area contributed by atoms with Crippen molar-refractivity contribution in [3.63, 3.8) is 0 Å². The molecule has 0 bridgehead atoms. The van der Waals surface area contributed by atoms with Crippen molar-refractivity contribution in [2.45, 2.75) is 32.0 Å². The highest BCUT2D eigenvalue weighted by molar-refractivity contribution is 6.34. The fraction of sp³-hybridized carbons (Fsp3) is 0.185. The van der Waals surface area contributed by atoms with Gasteiger partial charge in [-0.3, -0.25) is 25.4 Å². The highest BCUT2D eigenvalue weighted by Crippen LogP contribution is 2.28. The van der Waals surface area contributed by atoms with Gasteiger partial charge in [-0.2, -0.15) is 5.10 Å². The SMILES string of the molecule is CC1NNC(C)C1NC(=O)c1cc(NC(=O)c2cc(-c3ccccn3)c(F)cc2Cl)n(-c2ccccc2)n1. The zero-order chi connectivity index (χ0) is 26.8. The van der Waals surface area contributed by atoms with E-state index in [9.17, 15) is 14.0 Å². The van der Waals surface area contributed by atoms with Crippen LogP contribution in [0.25, 0.3) is 16.9 Å². The first-order chi connectivity index (χ1) is 18.3. The van der Waals surface area contributed by atoms with Gasteiger partial charge < -0.3 is 10.6 Å². The van der Waals surface area contributed by atoms with Gasteiger partial charge in [0.2, 0.25) is 0 Å². The van der Waals surface area contributed by atoms with Gasteiger partial charge >= 0.3 is 0 Å². The summed E-state index contributed by atoms with van der Waals surface area (Å²) >= 11 is 6.27. The Morgan fingerprint density at radius 3 is 2.37 bits per heavy atom. The minimum Gasteiger partial charge on any atom is -0.345 e. The molecule has 2 aromatic carbocycles. The molecule has 3 heterocycles. The van der Waals surface area contributed by atoms with E-state index in [4.69, 9.17) is 11.6 Å². The minimum atomic E-state index is -0.599. The Labute approximate surface area is 223 Å². The number of hydrogen-bond donors (Lipinski definition) is 4. The summed E-state index contributed by atoms with van der Waals surface area (Å²) in [6, 6.07) is 17.9. The second kappa shape index (κ2) is 10.7.